The Balaban J connectivity index is 0.000000720. The number of benzene rings is 2. The van der Waals surface area contributed by atoms with Gasteiger partial charge in [0.15, 0.2) is 0 Å². The van der Waals surface area contributed by atoms with Crippen molar-refractivity contribution in [2.24, 2.45) is 0 Å². The number of phenolic OH excluding ortho intramolecular Hbond substituents is 1. The van der Waals surface area contributed by atoms with E-state index in [0.717, 1.165) is 35.2 Å². The topological polar surface area (TPSA) is 125 Å². The molecule has 0 fully saturated rings. The summed E-state index contributed by atoms with van der Waals surface area (Å²) in [6.45, 7) is 14.0. The number of phenols is 1. The Hall–Kier alpha value is -3.02. The molecule has 0 heterocycles. The zero-order valence-corrected chi connectivity index (χ0v) is 28.5. The van der Waals surface area contributed by atoms with Gasteiger partial charge in [-0.1, -0.05) is 40.2 Å². The van der Waals surface area contributed by atoms with Gasteiger partial charge in [0.1, 0.15) is 29.3 Å². The van der Waals surface area contributed by atoms with E-state index in [1.165, 1.54) is 0 Å². The van der Waals surface area contributed by atoms with Crippen molar-refractivity contribution in [3.63, 3.8) is 0 Å². The number of amides is 2. The van der Waals surface area contributed by atoms with Gasteiger partial charge in [0, 0.05) is 32.6 Å². The summed E-state index contributed by atoms with van der Waals surface area (Å²) in [4.78, 5) is 22.8. The number of halogens is 1. The number of hydrogen-bond donors (Lipinski definition) is 3. The van der Waals surface area contributed by atoms with E-state index in [1.54, 1.807) is 26.4 Å². The number of carbonyl (C=O) groups is 2. The molecule has 11 heteroatoms. The number of alkyl halides is 1. The minimum atomic E-state index is -0.470. The van der Waals surface area contributed by atoms with Crippen LogP contribution in [0.4, 0.5) is 9.59 Å². The number of ether oxygens (including phenoxy) is 5. The fourth-order valence-corrected chi connectivity index (χ4v) is 3.30. The van der Waals surface area contributed by atoms with Gasteiger partial charge in [-0.2, -0.15) is 0 Å². The van der Waals surface area contributed by atoms with Gasteiger partial charge in [0.05, 0.1) is 13.2 Å². The van der Waals surface area contributed by atoms with Crippen molar-refractivity contribution in [3.05, 3.63) is 59.7 Å². The number of nitrogens with one attached hydrogen (secondary N) is 2. The van der Waals surface area contributed by atoms with E-state index in [0.29, 0.717) is 32.7 Å². The number of alkyl carbamates (subject to hydrolysis) is 2. The second kappa shape index (κ2) is 22.5. The Labute approximate surface area is 265 Å². The third-order valence-corrected chi connectivity index (χ3v) is 5.18. The largest absolute Gasteiger partial charge is 0.508 e. The van der Waals surface area contributed by atoms with E-state index in [2.05, 4.69) is 31.3 Å². The molecule has 0 saturated carbocycles. The molecule has 3 N–H and O–H groups in total. The second-order valence-electron chi connectivity index (χ2n) is 11.2. The summed E-state index contributed by atoms with van der Waals surface area (Å²) >= 11 is 3.18. The van der Waals surface area contributed by atoms with Crippen LogP contribution in [0.25, 0.3) is 0 Å². The van der Waals surface area contributed by atoms with Crippen molar-refractivity contribution in [2.75, 3.05) is 52.5 Å². The van der Waals surface area contributed by atoms with E-state index >= 15 is 0 Å². The third kappa shape index (κ3) is 25.2. The fraction of sp³-hybridized carbons (Fsp3) is 0.562. The van der Waals surface area contributed by atoms with Gasteiger partial charge in [-0.15, -0.1) is 0 Å². The number of methoxy groups -OCH3 is 2. The van der Waals surface area contributed by atoms with Gasteiger partial charge < -0.3 is 39.4 Å². The summed E-state index contributed by atoms with van der Waals surface area (Å²) in [5, 5.41) is 15.5. The monoisotopic (exact) mass is 670 g/mol. The normalized spacial score (nSPS) is 10.7. The minimum absolute atomic E-state index is 0.244. The van der Waals surface area contributed by atoms with Crippen LogP contribution in [0.5, 0.6) is 11.5 Å². The van der Waals surface area contributed by atoms with Crippen LogP contribution in [0.2, 0.25) is 0 Å². The molecule has 0 radical (unpaired) electrons. The highest BCUT2D eigenvalue weighted by atomic mass is 79.9. The molecule has 0 unspecified atom stereocenters. The Bertz CT molecular complexity index is 1000. The average Bonchev–Trinajstić information content (AvgIpc) is 2.90. The molecule has 2 aromatic carbocycles. The molecule has 0 saturated heterocycles. The first-order valence-electron chi connectivity index (χ1n) is 14.2. The van der Waals surface area contributed by atoms with E-state index in [-0.39, 0.29) is 11.8 Å². The van der Waals surface area contributed by atoms with Crippen LogP contribution in [0, 0.1) is 0 Å². The minimum Gasteiger partial charge on any atom is -0.508 e. The van der Waals surface area contributed by atoms with Crippen molar-refractivity contribution in [3.8, 4) is 11.5 Å². The maximum absolute atomic E-state index is 11.5. The van der Waals surface area contributed by atoms with Gasteiger partial charge in [0.2, 0.25) is 0 Å². The molecule has 43 heavy (non-hydrogen) atoms. The number of carbonyl (C=O) groups excluding carboxylic acids is 2. The molecule has 0 aromatic heterocycles. The summed E-state index contributed by atoms with van der Waals surface area (Å²) in [6.07, 6.45) is 0.662. The zero-order chi connectivity index (χ0) is 32.7. The van der Waals surface area contributed by atoms with Crippen LogP contribution in [-0.2, 0) is 31.8 Å². The van der Waals surface area contributed by atoms with Gasteiger partial charge in [-0.25, -0.2) is 9.59 Å². The Kier molecular flexibility index (Phi) is 20.9. The van der Waals surface area contributed by atoms with Gasteiger partial charge in [-0.3, -0.25) is 0 Å². The number of rotatable bonds is 12. The molecule has 0 aliphatic carbocycles. The molecular weight excluding hydrogens is 620 g/mol. The molecule has 10 nitrogen and oxygen atoms in total. The lowest BCUT2D eigenvalue weighted by molar-refractivity contribution is 0.0517. The summed E-state index contributed by atoms with van der Waals surface area (Å²) in [7, 11) is 3.32. The van der Waals surface area contributed by atoms with Gasteiger partial charge >= 0.3 is 12.2 Å². The van der Waals surface area contributed by atoms with Crippen molar-refractivity contribution in [2.45, 2.75) is 65.6 Å². The highest BCUT2D eigenvalue weighted by Crippen LogP contribution is 2.13. The summed E-state index contributed by atoms with van der Waals surface area (Å²) in [5.41, 5.74) is 1.25. The predicted octanol–water partition coefficient (Wildman–Crippen LogP) is 6.27. The fourth-order valence-electron chi connectivity index (χ4n) is 2.98. The first-order valence-corrected chi connectivity index (χ1v) is 15.3. The quantitative estimate of drug-likeness (QED) is 0.178. The van der Waals surface area contributed by atoms with E-state index in [9.17, 15) is 9.59 Å². The van der Waals surface area contributed by atoms with Crippen LogP contribution in [0.3, 0.4) is 0 Å². The molecule has 2 rings (SSSR count). The predicted molar refractivity (Wildman–Crippen MR) is 173 cm³/mol. The first-order chi connectivity index (χ1) is 20.2. The molecule has 0 atom stereocenters. The van der Waals surface area contributed by atoms with Crippen molar-refractivity contribution in [1.29, 1.82) is 0 Å². The highest BCUT2D eigenvalue weighted by molar-refractivity contribution is 9.09. The van der Waals surface area contributed by atoms with Gasteiger partial charge in [-0.05, 0) is 89.8 Å². The molecule has 2 amide bonds. The van der Waals surface area contributed by atoms with Crippen molar-refractivity contribution < 1.29 is 38.4 Å². The standard InChI is InChI=1S/C16H25NO4.C13H19NO3.C3H7BrO/c1-16(2,3)21-15(18)17-10-9-13-5-7-14(8-6-13)20-12-11-19-4;1-13(2,3)17-12(16)14-9-8-10-4-6-11(15)7-5-10;1-5-3-2-4/h5-8H,9-12H2,1-4H3,(H,17,18);4-7,15H,8-9H2,1-3H3,(H,14,16);2-3H2,1H3. The van der Waals surface area contributed by atoms with Crippen LogP contribution < -0.4 is 15.4 Å². The molecule has 0 bridgehead atoms. The number of aromatic hydroxyl groups is 1. The van der Waals surface area contributed by atoms with E-state index < -0.39 is 17.3 Å². The molecule has 0 aliphatic heterocycles. The Morgan fingerprint density at radius 1 is 0.698 bits per heavy atom. The van der Waals surface area contributed by atoms with E-state index in [1.807, 2.05) is 77.9 Å². The molecule has 0 spiro atoms. The first kappa shape index (κ1) is 40.0. The second-order valence-corrected chi connectivity index (χ2v) is 12.0. The average molecular weight is 672 g/mol. The molecule has 0 aliphatic rings. The highest BCUT2D eigenvalue weighted by Gasteiger charge is 2.16. The molecule has 2 aromatic rings. The Morgan fingerprint density at radius 3 is 1.47 bits per heavy atom. The lowest BCUT2D eigenvalue weighted by Gasteiger charge is -2.19. The molecule has 244 valence electrons. The van der Waals surface area contributed by atoms with Crippen LogP contribution in [0.1, 0.15) is 52.7 Å². The summed E-state index contributed by atoms with van der Waals surface area (Å²) in [6, 6.07) is 14.7. The lowest BCUT2D eigenvalue weighted by Crippen LogP contribution is -2.33. The van der Waals surface area contributed by atoms with Crippen LogP contribution >= 0.6 is 15.9 Å². The van der Waals surface area contributed by atoms with Crippen molar-refractivity contribution >= 4 is 28.1 Å². The summed E-state index contributed by atoms with van der Waals surface area (Å²) < 4.78 is 25.3. The van der Waals surface area contributed by atoms with Gasteiger partial charge in [0.25, 0.3) is 0 Å². The number of hydrogen-bond acceptors (Lipinski definition) is 8. The maximum atomic E-state index is 11.5. The summed E-state index contributed by atoms with van der Waals surface area (Å²) in [5.74, 6) is 1.06. The van der Waals surface area contributed by atoms with Crippen LogP contribution in [-0.4, -0.2) is 81.0 Å². The van der Waals surface area contributed by atoms with Crippen molar-refractivity contribution in [1.82, 2.24) is 10.6 Å². The smallest absolute Gasteiger partial charge is 0.407 e. The maximum Gasteiger partial charge on any atom is 0.407 e. The molecular formula is C32H51BrN2O8. The zero-order valence-electron chi connectivity index (χ0n) is 27.0. The van der Waals surface area contributed by atoms with Crippen LogP contribution in [0.15, 0.2) is 48.5 Å². The Morgan fingerprint density at radius 2 is 1.12 bits per heavy atom. The lowest BCUT2D eigenvalue weighted by atomic mass is 10.1. The SMILES string of the molecule is CC(C)(C)OC(=O)NCCc1ccc(O)cc1.COCCBr.COCCOc1ccc(CCNC(=O)OC(C)(C)C)cc1. The third-order valence-electron chi connectivity index (χ3n) is 4.86. The van der Waals surface area contributed by atoms with E-state index in [4.69, 9.17) is 24.1 Å².